The average Bonchev–Trinajstić information content (AvgIpc) is 2.37. The summed E-state index contributed by atoms with van der Waals surface area (Å²) in [5.74, 6) is 0.687. The summed E-state index contributed by atoms with van der Waals surface area (Å²) in [5.41, 5.74) is 0. The number of likely N-dealkylation sites (N-methyl/N-ethyl adjacent to an activating group) is 1. The van der Waals surface area contributed by atoms with Crippen molar-refractivity contribution in [3.8, 4) is 0 Å². The standard InChI is InChI=1S/C14H27N3O/c1-13-6-9-17(11-10-15(2)12-13)14(18)16-7-4-3-5-8-16/h13H,3-12H2,1-2H3. The SMILES string of the molecule is CC1CCN(C(=O)N2CCCCC2)CCN(C)C1. The van der Waals surface area contributed by atoms with Gasteiger partial charge in [0, 0.05) is 39.3 Å². The summed E-state index contributed by atoms with van der Waals surface area (Å²) in [4.78, 5) is 18.9. The highest BCUT2D eigenvalue weighted by molar-refractivity contribution is 5.74. The molecule has 4 nitrogen and oxygen atoms in total. The lowest BCUT2D eigenvalue weighted by Gasteiger charge is -2.36. The van der Waals surface area contributed by atoms with Gasteiger partial charge in [-0.25, -0.2) is 4.79 Å². The highest BCUT2D eigenvalue weighted by Crippen LogP contribution is 2.14. The van der Waals surface area contributed by atoms with Crippen molar-refractivity contribution in [3.05, 3.63) is 0 Å². The first kappa shape index (κ1) is 13.7. The summed E-state index contributed by atoms with van der Waals surface area (Å²) in [6.45, 7) is 8.19. The summed E-state index contributed by atoms with van der Waals surface area (Å²) < 4.78 is 0. The van der Waals surface area contributed by atoms with Crippen LogP contribution < -0.4 is 0 Å². The summed E-state index contributed by atoms with van der Waals surface area (Å²) >= 11 is 0. The number of rotatable bonds is 0. The molecule has 2 saturated heterocycles. The van der Waals surface area contributed by atoms with Gasteiger partial charge >= 0.3 is 6.03 Å². The molecule has 2 fully saturated rings. The van der Waals surface area contributed by atoms with Gasteiger partial charge in [-0.1, -0.05) is 6.92 Å². The number of hydrogen-bond donors (Lipinski definition) is 0. The van der Waals surface area contributed by atoms with Crippen molar-refractivity contribution in [2.45, 2.75) is 32.6 Å². The van der Waals surface area contributed by atoms with Gasteiger partial charge < -0.3 is 14.7 Å². The largest absolute Gasteiger partial charge is 0.325 e. The van der Waals surface area contributed by atoms with E-state index in [2.05, 4.69) is 28.7 Å². The molecule has 2 aliphatic heterocycles. The smallest absolute Gasteiger partial charge is 0.320 e. The third kappa shape index (κ3) is 3.61. The number of piperidine rings is 1. The molecule has 0 saturated carbocycles. The van der Waals surface area contributed by atoms with Crippen LogP contribution in [0.5, 0.6) is 0 Å². The minimum absolute atomic E-state index is 0.275. The Hall–Kier alpha value is -0.770. The van der Waals surface area contributed by atoms with E-state index in [0.29, 0.717) is 5.92 Å². The Morgan fingerprint density at radius 2 is 1.61 bits per heavy atom. The maximum Gasteiger partial charge on any atom is 0.320 e. The molecule has 0 aromatic carbocycles. The molecule has 0 radical (unpaired) electrons. The predicted molar refractivity (Wildman–Crippen MR) is 73.7 cm³/mol. The topological polar surface area (TPSA) is 26.8 Å². The highest BCUT2D eigenvalue weighted by Gasteiger charge is 2.24. The van der Waals surface area contributed by atoms with Crippen molar-refractivity contribution in [2.75, 3.05) is 46.3 Å². The van der Waals surface area contributed by atoms with Crippen LogP contribution in [0.15, 0.2) is 0 Å². The predicted octanol–water partition coefficient (Wildman–Crippen LogP) is 1.87. The van der Waals surface area contributed by atoms with E-state index in [1.54, 1.807) is 0 Å². The molecule has 0 bridgehead atoms. The van der Waals surface area contributed by atoms with Gasteiger partial charge in [0.2, 0.25) is 0 Å². The zero-order valence-electron chi connectivity index (χ0n) is 11.9. The molecule has 2 amide bonds. The molecule has 0 N–H and O–H groups in total. The molecule has 1 unspecified atom stereocenters. The third-order valence-corrected chi connectivity index (χ3v) is 4.16. The Labute approximate surface area is 111 Å². The molecular weight excluding hydrogens is 226 g/mol. The summed E-state index contributed by atoms with van der Waals surface area (Å²) in [5, 5.41) is 0. The second kappa shape index (κ2) is 6.41. The van der Waals surface area contributed by atoms with Crippen molar-refractivity contribution >= 4 is 6.03 Å². The van der Waals surface area contributed by atoms with Crippen LogP contribution in [0.3, 0.4) is 0 Å². The molecule has 18 heavy (non-hydrogen) atoms. The fourth-order valence-corrected chi connectivity index (χ4v) is 2.97. The lowest BCUT2D eigenvalue weighted by Crippen LogP contribution is -2.49. The summed E-state index contributed by atoms with van der Waals surface area (Å²) in [6, 6.07) is 0.275. The molecule has 2 heterocycles. The van der Waals surface area contributed by atoms with Crippen LogP contribution in [-0.2, 0) is 0 Å². The average molecular weight is 253 g/mol. The van der Waals surface area contributed by atoms with Gasteiger partial charge in [0.25, 0.3) is 0 Å². The number of urea groups is 1. The number of carbonyl (C=O) groups excluding carboxylic acids is 1. The Morgan fingerprint density at radius 1 is 0.944 bits per heavy atom. The number of amides is 2. The first-order valence-electron chi connectivity index (χ1n) is 7.39. The van der Waals surface area contributed by atoms with Gasteiger partial charge in [0.15, 0.2) is 0 Å². The van der Waals surface area contributed by atoms with Gasteiger partial charge in [-0.05, 0) is 38.6 Å². The summed E-state index contributed by atoms with van der Waals surface area (Å²) in [7, 11) is 2.16. The third-order valence-electron chi connectivity index (χ3n) is 4.16. The highest BCUT2D eigenvalue weighted by atomic mass is 16.2. The Morgan fingerprint density at radius 3 is 2.33 bits per heavy atom. The molecule has 2 aliphatic rings. The van der Waals surface area contributed by atoms with Gasteiger partial charge in [0.1, 0.15) is 0 Å². The minimum atomic E-state index is 0.275. The first-order valence-corrected chi connectivity index (χ1v) is 7.39. The second-order valence-corrected chi connectivity index (χ2v) is 5.97. The van der Waals surface area contributed by atoms with Crippen LogP contribution in [-0.4, -0.2) is 67.0 Å². The maximum atomic E-state index is 12.5. The lowest BCUT2D eigenvalue weighted by atomic mass is 10.1. The van der Waals surface area contributed by atoms with E-state index in [-0.39, 0.29) is 6.03 Å². The van der Waals surface area contributed by atoms with Crippen molar-refractivity contribution in [2.24, 2.45) is 5.92 Å². The van der Waals surface area contributed by atoms with Crippen LogP contribution >= 0.6 is 0 Å². The number of carbonyl (C=O) groups is 1. The maximum absolute atomic E-state index is 12.5. The van der Waals surface area contributed by atoms with E-state index in [1.807, 2.05) is 0 Å². The van der Waals surface area contributed by atoms with E-state index in [0.717, 1.165) is 45.7 Å². The molecule has 4 heteroatoms. The summed E-state index contributed by atoms with van der Waals surface area (Å²) in [6.07, 6.45) is 4.76. The van der Waals surface area contributed by atoms with E-state index in [4.69, 9.17) is 0 Å². The van der Waals surface area contributed by atoms with Gasteiger partial charge in [-0.2, -0.15) is 0 Å². The van der Waals surface area contributed by atoms with Crippen molar-refractivity contribution in [3.63, 3.8) is 0 Å². The van der Waals surface area contributed by atoms with Crippen LogP contribution in [0.2, 0.25) is 0 Å². The van der Waals surface area contributed by atoms with Crippen LogP contribution in [0.1, 0.15) is 32.6 Å². The lowest BCUT2D eigenvalue weighted by molar-refractivity contribution is 0.124. The van der Waals surface area contributed by atoms with Crippen molar-refractivity contribution < 1.29 is 4.79 Å². The molecular formula is C14H27N3O. The van der Waals surface area contributed by atoms with E-state index < -0.39 is 0 Å². The van der Waals surface area contributed by atoms with E-state index in [1.165, 1.54) is 19.3 Å². The Bertz CT molecular complexity index is 264. The quantitative estimate of drug-likeness (QED) is 0.659. The van der Waals surface area contributed by atoms with E-state index in [9.17, 15) is 4.79 Å². The first-order chi connectivity index (χ1) is 8.66. The molecule has 104 valence electrons. The fraction of sp³-hybridized carbons (Fsp3) is 0.929. The van der Waals surface area contributed by atoms with Gasteiger partial charge in [0.05, 0.1) is 0 Å². The molecule has 1 atom stereocenters. The van der Waals surface area contributed by atoms with Gasteiger partial charge in [-0.3, -0.25) is 0 Å². The monoisotopic (exact) mass is 253 g/mol. The minimum Gasteiger partial charge on any atom is -0.325 e. The molecule has 0 spiro atoms. The second-order valence-electron chi connectivity index (χ2n) is 5.97. The van der Waals surface area contributed by atoms with Crippen LogP contribution in [0, 0.1) is 5.92 Å². The molecule has 0 aromatic heterocycles. The number of nitrogens with zero attached hydrogens (tertiary/aromatic N) is 3. The fourth-order valence-electron chi connectivity index (χ4n) is 2.97. The zero-order chi connectivity index (χ0) is 13.0. The number of hydrogen-bond acceptors (Lipinski definition) is 2. The Balaban J connectivity index is 1.90. The van der Waals surface area contributed by atoms with Crippen molar-refractivity contribution in [1.29, 1.82) is 0 Å². The Kier molecular flexibility index (Phi) is 4.87. The van der Waals surface area contributed by atoms with Crippen molar-refractivity contribution in [1.82, 2.24) is 14.7 Å². The van der Waals surface area contributed by atoms with Crippen LogP contribution in [0.4, 0.5) is 4.79 Å². The number of likely N-dealkylation sites (tertiary alicyclic amines) is 1. The molecule has 0 aromatic rings. The normalized spacial score (nSPS) is 27.8. The zero-order valence-corrected chi connectivity index (χ0v) is 11.9. The van der Waals surface area contributed by atoms with Gasteiger partial charge in [-0.15, -0.1) is 0 Å². The van der Waals surface area contributed by atoms with E-state index >= 15 is 0 Å². The molecule has 2 rings (SSSR count). The van der Waals surface area contributed by atoms with Crippen LogP contribution in [0.25, 0.3) is 0 Å². The molecule has 0 aliphatic carbocycles.